The van der Waals surface area contributed by atoms with E-state index in [-0.39, 0.29) is 11.3 Å². The number of ketones is 1. The standard InChI is InChI=1S/C25H14F5NO2/c26-20-19(21(27)23(29)24(30)22(20)28)25(32)13-7-1-2-8-14(13)31-15-9-3-5-11-17(15)33-18-12-6-4-10-16(18)31/h1-5,7-11H,6,12H2. The molecule has 166 valence electrons. The van der Waals surface area contributed by atoms with E-state index in [1.54, 1.807) is 41.3 Å². The first-order chi connectivity index (χ1) is 15.9. The smallest absolute Gasteiger partial charge is 0.201 e. The van der Waals surface area contributed by atoms with Crippen LogP contribution in [0, 0.1) is 29.1 Å². The van der Waals surface area contributed by atoms with Crippen LogP contribution in [0.4, 0.5) is 33.3 Å². The quantitative estimate of drug-likeness (QED) is 0.190. The van der Waals surface area contributed by atoms with Gasteiger partial charge in [0.25, 0.3) is 0 Å². The molecule has 0 saturated heterocycles. The van der Waals surface area contributed by atoms with Gasteiger partial charge in [0.2, 0.25) is 11.6 Å². The molecule has 3 nitrogen and oxygen atoms in total. The number of halogens is 5. The molecule has 0 radical (unpaired) electrons. The van der Waals surface area contributed by atoms with Gasteiger partial charge in [-0.2, -0.15) is 0 Å². The number of para-hydroxylation sites is 3. The van der Waals surface area contributed by atoms with Gasteiger partial charge in [-0.25, -0.2) is 22.0 Å². The lowest BCUT2D eigenvalue weighted by Crippen LogP contribution is -2.26. The molecule has 0 amide bonds. The number of allylic oxidation sites excluding steroid dienone is 3. The molecule has 0 unspecified atom stereocenters. The first-order valence-electron chi connectivity index (χ1n) is 10.0. The van der Waals surface area contributed by atoms with Crippen LogP contribution in [-0.4, -0.2) is 5.78 Å². The molecule has 0 saturated carbocycles. The summed E-state index contributed by atoms with van der Waals surface area (Å²) >= 11 is 0. The normalized spacial score (nSPS) is 14.6. The molecule has 1 heterocycles. The second kappa shape index (κ2) is 7.88. The van der Waals surface area contributed by atoms with E-state index in [4.69, 9.17) is 4.74 Å². The van der Waals surface area contributed by atoms with Crippen molar-refractivity contribution < 1.29 is 31.5 Å². The molecule has 0 atom stereocenters. The van der Waals surface area contributed by atoms with Crippen LogP contribution in [0.2, 0.25) is 0 Å². The molecule has 0 N–H and O–H groups in total. The number of ether oxygens (including phenoxy) is 1. The minimum atomic E-state index is -2.32. The second-order valence-corrected chi connectivity index (χ2v) is 7.45. The van der Waals surface area contributed by atoms with Crippen molar-refractivity contribution in [2.75, 3.05) is 4.90 Å². The summed E-state index contributed by atoms with van der Waals surface area (Å²) in [7, 11) is 0. The molecule has 0 spiro atoms. The zero-order chi connectivity index (χ0) is 23.3. The van der Waals surface area contributed by atoms with Gasteiger partial charge in [-0.1, -0.05) is 30.3 Å². The van der Waals surface area contributed by atoms with Crippen molar-refractivity contribution in [2.24, 2.45) is 0 Å². The van der Waals surface area contributed by atoms with E-state index in [2.05, 4.69) is 0 Å². The summed E-state index contributed by atoms with van der Waals surface area (Å²) in [5.74, 6) is -11.2. The van der Waals surface area contributed by atoms with Crippen molar-refractivity contribution in [3.05, 3.63) is 112 Å². The molecule has 33 heavy (non-hydrogen) atoms. The predicted molar refractivity (Wildman–Crippen MR) is 111 cm³/mol. The van der Waals surface area contributed by atoms with Gasteiger partial charge in [-0.05, 0) is 36.8 Å². The average Bonchev–Trinajstić information content (AvgIpc) is 2.85. The summed E-state index contributed by atoms with van der Waals surface area (Å²) in [6.45, 7) is 0. The summed E-state index contributed by atoms with van der Waals surface area (Å²) in [6, 6.07) is 12.9. The Kier molecular flexibility index (Phi) is 5.00. The topological polar surface area (TPSA) is 29.5 Å². The van der Waals surface area contributed by atoms with Gasteiger partial charge >= 0.3 is 0 Å². The first-order valence-corrected chi connectivity index (χ1v) is 10.0. The van der Waals surface area contributed by atoms with Crippen molar-refractivity contribution >= 4 is 17.2 Å². The Morgan fingerprint density at radius 1 is 0.788 bits per heavy atom. The first kappa shape index (κ1) is 20.9. The number of hydrogen-bond donors (Lipinski definition) is 0. The molecule has 3 aromatic carbocycles. The molecule has 0 bridgehead atoms. The SMILES string of the molecule is O=C(c1ccccc1N1C2=C(CCC=C2)Oc2ccccc21)c1c(F)c(F)c(F)c(F)c1F. The number of rotatable bonds is 3. The fourth-order valence-corrected chi connectivity index (χ4v) is 3.98. The van der Waals surface area contributed by atoms with Gasteiger partial charge in [-0.3, -0.25) is 4.79 Å². The Hall–Kier alpha value is -3.94. The maximum atomic E-state index is 14.4. The highest BCUT2D eigenvalue weighted by molar-refractivity contribution is 6.13. The number of carbonyl (C=O) groups excluding carboxylic acids is 1. The second-order valence-electron chi connectivity index (χ2n) is 7.45. The van der Waals surface area contributed by atoms with Gasteiger partial charge in [0, 0.05) is 12.0 Å². The van der Waals surface area contributed by atoms with E-state index < -0.39 is 40.4 Å². The monoisotopic (exact) mass is 455 g/mol. The maximum absolute atomic E-state index is 14.4. The summed E-state index contributed by atoms with van der Waals surface area (Å²) in [6.07, 6.45) is 5.04. The Morgan fingerprint density at radius 3 is 2.12 bits per heavy atom. The minimum absolute atomic E-state index is 0.209. The van der Waals surface area contributed by atoms with Gasteiger partial charge in [0.15, 0.2) is 29.0 Å². The zero-order valence-corrected chi connectivity index (χ0v) is 16.8. The highest BCUT2D eigenvalue weighted by Crippen LogP contribution is 2.46. The van der Waals surface area contributed by atoms with Crippen molar-refractivity contribution in [1.82, 2.24) is 0 Å². The Bertz CT molecular complexity index is 1350. The van der Waals surface area contributed by atoms with Gasteiger partial charge in [-0.15, -0.1) is 0 Å². The van der Waals surface area contributed by atoms with E-state index >= 15 is 0 Å². The molecular formula is C25H14F5NO2. The van der Waals surface area contributed by atoms with Crippen LogP contribution in [0.15, 0.2) is 72.1 Å². The maximum Gasteiger partial charge on any atom is 0.201 e. The third-order valence-electron chi connectivity index (χ3n) is 5.51. The van der Waals surface area contributed by atoms with Crippen molar-refractivity contribution in [3.8, 4) is 5.75 Å². The fourth-order valence-electron chi connectivity index (χ4n) is 3.98. The van der Waals surface area contributed by atoms with Crippen LogP contribution in [-0.2, 0) is 0 Å². The molecule has 3 aromatic rings. The number of nitrogens with zero attached hydrogens (tertiary/aromatic N) is 1. The summed E-state index contributed by atoms with van der Waals surface area (Å²) in [5.41, 5.74) is -0.365. The number of carbonyl (C=O) groups is 1. The molecule has 0 aromatic heterocycles. The lowest BCUT2D eigenvalue weighted by Gasteiger charge is -2.36. The third-order valence-corrected chi connectivity index (χ3v) is 5.51. The van der Waals surface area contributed by atoms with Crippen molar-refractivity contribution in [1.29, 1.82) is 0 Å². The Labute approximate surface area is 185 Å². The van der Waals surface area contributed by atoms with Crippen LogP contribution >= 0.6 is 0 Å². The highest BCUT2D eigenvalue weighted by atomic mass is 19.2. The van der Waals surface area contributed by atoms with Crippen LogP contribution in [0.3, 0.4) is 0 Å². The van der Waals surface area contributed by atoms with Crippen molar-refractivity contribution in [2.45, 2.75) is 12.8 Å². The number of benzene rings is 3. The fraction of sp³-hybridized carbons (Fsp3) is 0.0800. The molecule has 5 rings (SSSR count). The molecule has 8 heteroatoms. The van der Waals surface area contributed by atoms with E-state index in [9.17, 15) is 26.7 Å². The van der Waals surface area contributed by atoms with Crippen molar-refractivity contribution in [3.63, 3.8) is 0 Å². The van der Waals surface area contributed by atoms with Crippen LogP contribution in [0.1, 0.15) is 28.8 Å². The number of fused-ring (bicyclic) bond motifs is 1. The van der Waals surface area contributed by atoms with Gasteiger partial charge in [0.05, 0.1) is 17.1 Å². The summed E-state index contributed by atoms with van der Waals surface area (Å²) in [4.78, 5) is 14.9. The number of hydrogen-bond acceptors (Lipinski definition) is 3. The lowest BCUT2D eigenvalue weighted by atomic mass is 9.97. The predicted octanol–water partition coefficient (Wildman–Crippen LogP) is 6.71. The van der Waals surface area contributed by atoms with Crippen LogP contribution < -0.4 is 9.64 Å². The van der Waals surface area contributed by atoms with Crippen LogP contribution in [0.5, 0.6) is 5.75 Å². The molecule has 1 aliphatic carbocycles. The van der Waals surface area contributed by atoms with E-state index in [1.807, 2.05) is 6.08 Å². The third kappa shape index (κ3) is 3.21. The lowest BCUT2D eigenvalue weighted by molar-refractivity contribution is 0.102. The average molecular weight is 455 g/mol. The van der Waals surface area contributed by atoms with Gasteiger partial charge < -0.3 is 9.64 Å². The Morgan fingerprint density at radius 2 is 1.39 bits per heavy atom. The molecule has 2 aliphatic rings. The highest BCUT2D eigenvalue weighted by Gasteiger charge is 2.34. The largest absolute Gasteiger partial charge is 0.457 e. The van der Waals surface area contributed by atoms with Crippen LogP contribution in [0.25, 0.3) is 0 Å². The minimum Gasteiger partial charge on any atom is -0.457 e. The number of anilines is 2. The Balaban J connectivity index is 1.73. The van der Waals surface area contributed by atoms with Gasteiger partial charge in [0.1, 0.15) is 11.3 Å². The molecule has 1 aliphatic heterocycles. The summed E-state index contributed by atoms with van der Waals surface area (Å²) in [5, 5.41) is 0. The van der Waals surface area contributed by atoms with E-state index in [0.717, 1.165) is 6.42 Å². The molecular weight excluding hydrogens is 441 g/mol. The molecule has 0 fully saturated rings. The van der Waals surface area contributed by atoms with E-state index in [0.29, 0.717) is 29.3 Å². The van der Waals surface area contributed by atoms with E-state index in [1.165, 1.54) is 18.2 Å². The zero-order valence-electron chi connectivity index (χ0n) is 16.8. The summed E-state index contributed by atoms with van der Waals surface area (Å²) < 4.78 is 75.9.